The molecule has 1 saturated carbocycles. The van der Waals surface area contributed by atoms with Crippen LogP contribution in [0.15, 0.2) is 30.3 Å². The molecule has 0 spiro atoms. The number of hydrogen-bond donors (Lipinski definition) is 1. The first kappa shape index (κ1) is 10.8. The molecule has 1 aromatic rings. The minimum atomic E-state index is -1.62. The summed E-state index contributed by atoms with van der Waals surface area (Å²) < 4.78 is 19.9. The lowest BCUT2D eigenvalue weighted by atomic mass is 9.84. The van der Waals surface area contributed by atoms with Crippen molar-refractivity contribution in [2.24, 2.45) is 0 Å². The topological polar surface area (TPSA) is 37.3 Å². The summed E-state index contributed by atoms with van der Waals surface area (Å²) in [5, 5.41) is 0.00459. The van der Waals surface area contributed by atoms with Crippen molar-refractivity contribution in [2.45, 2.75) is 36.9 Å². The summed E-state index contributed by atoms with van der Waals surface area (Å²) in [5.41, 5.74) is 1.37. The van der Waals surface area contributed by atoms with Crippen molar-refractivity contribution in [3.05, 3.63) is 35.9 Å². The average Bonchev–Trinajstić information content (AvgIpc) is 2.30. The average molecular weight is 224 g/mol. The van der Waals surface area contributed by atoms with E-state index >= 15 is 0 Å². The molecule has 82 valence electrons. The quantitative estimate of drug-likeness (QED) is 0.784. The fraction of sp³-hybridized carbons (Fsp3) is 0.500. The third-order valence-corrected chi connectivity index (χ3v) is 4.27. The molecule has 1 aromatic carbocycles. The van der Waals surface area contributed by atoms with E-state index in [-0.39, 0.29) is 5.25 Å². The van der Waals surface area contributed by atoms with Crippen LogP contribution in [0.3, 0.4) is 0 Å². The molecule has 1 aliphatic carbocycles. The van der Waals surface area contributed by atoms with Crippen LogP contribution < -0.4 is 0 Å². The molecule has 15 heavy (non-hydrogen) atoms. The Bertz CT molecular complexity index is 329. The molecule has 1 N–H and O–H groups in total. The molecule has 1 aliphatic rings. The van der Waals surface area contributed by atoms with Gasteiger partial charge in [-0.25, -0.2) is 4.21 Å². The second-order valence-electron chi connectivity index (χ2n) is 4.16. The predicted molar refractivity (Wildman–Crippen MR) is 62.2 cm³/mol. The first-order valence-corrected chi connectivity index (χ1v) is 6.59. The first-order valence-electron chi connectivity index (χ1n) is 5.42. The molecular formula is C12H16O2S. The summed E-state index contributed by atoms with van der Waals surface area (Å²) >= 11 is -1.62. The van der Waals surface area contributed by atoms with E-state index in [4.69, 9.17) is 4.55 Å². The van der Waals surface area contributed by atoms with Crippen LogP contribution in [0.4, 0.5) is 0 Å². The van der Waals surface area contributed by atoms with Gasteiger partial charge in [0, 0.05) is 0 Å². The fourth-order valence-corrected chi connectivity index (χ4v) is 3.00. The molecule has 3 heteroatoms. The van der Waals surface area contributed by atoms with Crippen LogP contribution in [0.25, 0.3) is 0 Å². The summed E-state index contributed by atoms with van der Waals surface area (Å²) in [6.07, 6.45) is 3.84. The van der Waals surface area contributed by atoms with Crippen molar-refractivity contribution < 1.29 is 8.76 Å². The number of rotatable bonds is 2. The molecule has 2 nitrogen and oxygen atoms in total. The molecule has 1 unspecified atom stereocenters. The molecule has 0 heterocycles. The normalized spacial score (nSPS) is 28.6. The number of benzene rings is 1. The van der Waals surface area contributed by atoms with Gasteiger partial charge in [0.15, 0.2) is 11.1 Å². The van der Waals surface area contributed by atoms with Crippen molar-refractivity contribution in [3.8, 4) is 0 Å². The Labute approximate surface area is 93.0 Å². The van der Waals surface area contributed by atoms with E-state index in [1.54, 1.807) is 0 Å². The van der Waals surface area contributed by atoms with E-state index in [9.17, 15) is 4.21 Å². The lowest BCUT2D eigenvalue weighted by molar-refractivity contribution is 0.429. The summed E-state index contributed by atoms with van der Waals surface area (Å²) in [5.74, 6) is 0.589. The molecule has 0 bridgehead atoms. The Hall–Kier alpha value is -0.670. The van der Waals surface area contributed by atoms with Crippen molar-refractivity contribution in [1.29, 1.82) is 0 Å². The van der Waals surface area contributed by atoms with Crippen LogP contribution in [0.5, 0.6) is 0 Å². The van der Waals surface area contributed by atoms with Crippen LogP contribution in [0, 0.1) is 0 Å². The third-order valence-electron chi connectivity index (χ3n) is 3.23. The molecular weight excluding hydrogens is 208 g/mol. The fourth-order valence-electron chi connectivity index (χ4n) is 2.32. The highest BCUT2D eigenvalue weighted by molar-refractivity contribution is 7.79. The minimum absolute atomic E-state index is 0.00459. The second-order valence-corrected chi connectivity index (χ2v) is 5.38. The van der Waals surface area contributed by atoms with E-state index in [1.165, 1.54) is 5.56 Å². The van der Waals surface area contributed by atoms with Gasteiger partial charge in [0.25, 0.3) is 0 Å². The SMILES string of the molecule is O=S(O)C1CCC(c2ccccc2)CC1. The van der Waals surface area contributed by atoms with Crippen LogP contribution in [0.1, 0.15) is 37.2 Å². The molecule has 0 radical (unpaired) electrons. The van der Waals surface area contributed by atoms with E-state index in [0.29, 0.717) is 5.92 Å². The van der Waals surface area contributed by atoms with Gasteiger partial charge in [-0.1, -0.05) is 30.3 Å². The molecule has 0 aromatic heterocycles. The van der Waals surface area contributed by atoms with Gasteiger partial charge < -0.3 is 4.55 Å². The first-order chi connectivity index (χ1) is 7.27. The molecule has 0 amide bonds. The van der Waals surface area contributed by atoms with E-state index in [2.05, 4.69) is 24.3 Å². The standard InChI is InChI=1S/C12H16O2S/c13-15(14)12-8-6-11(7-9-12)10-4-2-1-3-5-10/h1-5,11-12H,6-9H2,(H,13,14). The van der Waals surface area contributed by atoms with Crippen LogP contribution in [-0.2, 0) is 11.1 Å². The van der Waals surface area contributed by atoms with Crippen molar-refractivity contribution in [2.75, 3.05) is 0 Å². The van der Waals surface area contributed by atoms with Crippen molar-refractivity contribution in [1.82, 2.24) is 0 Å². The van der Waals surface area contributed by atoms with Gasteiger partial charge in [-0.3, -0.25) is 0 Å². The van der Waals surface area contributed by atoms with Gasteiger partial charge in [0.05, 0.1) is 5.25 Å². The van der Waals surface area contributed by atoms with Crippen LogP contribution in [0.2, 0.25) is 0 Å². The maximum atomic E-state index is 10.9. The molecule has 2 rings (SSSR count). The van der Waals surface area contributed by atoms with Gasteiger partial charge in [-0.05, 0) is 37.2 Å². The number of hydrogen-bond acceptors (Lipinski definition) is 1. The lowest BCUT2D eigenvalue weighted by Crippen LogP contribution is -2.21. The predicted octanol–water partition coefficient (Wildman–Crippen LogP) is 2.93. The van der Waals surface area contributed by atoms with Crippen LogP contribution >= 0.6 is 0 Å². The Balaban J connectivity index is 1.97. The van der Waals surface area contributed by atoms with Crippen molar-refractivity contribution in [3.63, 3.8) is 0 Å². The summed E-state index contributed by atoms with van der Waals surface area (Å²) in [4.78, 5) is 0. The Morgan fingerprint density at radius 3 is 2.20 bits per heavy atom. The zero-order valence-corrected chi connectivity index (χ0v) is 9.45. The van der Waals surface area contributed by atoms with Gasteiger partial charge in [-0.15, -0.1) is 0 Å². The highest BCUT2D eigenvalue weighted by Crippen LogP contribution is 2.34. The Morgan fingerprint density at radius 1 is 1.07 bits per heavy atom. The highest BCUT2D eigenvalue weighted by atomic mass is 32.2. The Morgan fingerprint density at radius 2 is 1.67 bits per heavy atom. The molecule has 0 saturated heterocycles. The summed E-state index contributed by atoms with van der Waals surface area (Å²) in [6, 6.07) is 10.5. The van der Waals surface area contributed by atoms with E-state index in [0.717, 1.165) is 25.7 Å². The third kappa shape index (κ3) is 2.67. The molecule has 1 fully saturated rings. The van der Waals surface area contributed by atoms with Gasteiger partial charge >= 0.3 is 0 Å². The highest BCUT2D eigenvalue weighted by Gasteiger charge is 2.25. The van der Waals surface area contributed by atoms with Gasteiger partial charge in [0.2, 0.25) is 0 Å². The largest absolute Gasteiger partial charge is 0.306 e. The van der Waals surface area contributed by atoms with Crippen molar-refractivity contribution >= 4 is 11.1 Å². The molecule has 1 atom stereocenters. The smallest absolute Gasteiger partial charge is 0.155 e. The van der Waals surface area contributed by atoms with Gasteiger partial charge in [-0.2, -0.15) is 0 Å². The maximum Gasteiger partial charge on any atom is 0.155 e. The van der Waals surface area contributed by atoms with E-state index in [1.807, 2.05) is 6.07 Å². The summed E-state index contributed by atoms with van der Waals surface area (Å²) in [6.45, 7) is 0. The summed E-state index contributed by atoms with van der Waals surface area (Å²) in [7, 11) is 0. The monoisotopic (exact) mass is 224 g/mol. The molecule has 0 aliphatic heterocycles. The van der Waals surface area contributed by atoms with Crippen LogP contribution in [-0.4, -0.2) is 14.0 Å². The lowest BCUT2D eigenvalue weighted by Gasteiger charge is -2.26. The second kappa shape index (κ2) is 4.90. The zero-order chi connectivity index (χ0) is 10.7. The zero-order valence-electron chi connectivity index (χ0n) is 8.63. The minimum Gasteiger partial charge on any atom is -0.306 e. The maximum absolute atomic E-state index is 10.9. The van der Waals surface area contributed by atoms with Gasteiger partial charge in [0.1, 0.15) is 0 Å². The Kier molecular flexibility index (Phi) is 3.54. The van der Waals surface area contributed by atoms with E-state index < -0.39 is 11.1 Å².